The van der Waals surface area contributed by atoms with Gasteiger partial charge in [-0.05, 0) is 32.1 Å². The summed E-state index contributed by atoms with van der Waals surface area (Å²) in [5, 5.41) is 2.99. The summed E-state index contributed by atoms with van der Waals surface area (Å²) in [7, 11) is 0. The average molecular weight is 303 g/mol. The largest absolute Gasteiger partial charge is 0.352 e. The van der Waals surface area contributed by atoms with E-state index in [0.29, 0.717) is 12.6 Å². The van der Waals surface area contributed by atoms with Crippen LogP contribution in [0.15, 0.2) is 0 Å². The molecule has 1 aliphatic heterocycles. The highest BCUT2D eigenvalue weighted by Crippen LogP contribution is 2.24. The molecule has 0 radical (unpaired) electrons. The molecule has 0 spiro atoms. The summed E-state index contributed by atoms with van der Waals surface area (Å²) in [4.78, 5) is 25.7. The Kier molecular flexibility index (Phi) is 4.07. The first kappa shape index (κ1) is 12.9. The topological polar surface area (TPSA) is 49.4 Å². The molecule has 2 unspecified atom stereocenters. The van der Waals surface area contributed by atoms with Gasteiger partial charge in [-0.2, -0.15) is 0 Å². The summed E-state index contributed by atoms with van der Waals surface area (Å²) in [6.07, 6.45) is 4.66. The van der Waals surface area contributed by atoms with Crippen LogP contribution in [-0.4, -0.2) is 40.2 Å². The molecule has 0 aromatic heterocycles. The van der Waals surface area contributed by atoms with Crippen LogP contribution in [0.3, 0.4) is 0 Å². The molecule has 96 valence electrons. The van der Waals surface area contributed by atoms with Gasteiger partial charge >= 0.3 is 0 Å². The molecule has 1 heterocycles. The van der Waals surface area contributed by atoms with E-state index >= 15 is 0 Å². The predicted octanol–water partition coefficient (Wildman–Crippen LogP) is 1.43. The van der Waals surface area contributed by atoms with Crippen molar-refractivity contribution in [3.05, 3.63) is 0 Å². The van der Waals surface area contributed by atoms with E-state index in [1.54, 1.807) is 4.90 Å². The molecule has 2 aliphatic rings. The van der Waals surface area contributed by atoms with Crippen LogP contribution in [0, 0.1) is 0 Å². The highest BCUT2D eigenvalue weighted by molar-refractivity contribution is 9.10. The number of carbonyl (C=O) groups excluding carboxylic acids is 2. The molecule has 1 aliphatic carbocycles. The Morgan fingerprint density at radius 2 is 2.12 bits per heavy atom. The zero-order chi connectivity index (χ0) is 12.4. The molecular weight excluding hydrogens is 284 g/mol. The van der Waals surface area contributed by atoms with Gasteiger partial charge in [0.1, 0.15) is 6.04 Å². The summed E-state index contributed by atoms with van der Waals surface area (Å²) in [5.41, 5.74) is 0. The van der Waals surface area contributed by atoms with Gasteiger partial charge in [-0.1, -0.05) is 22.9 Å². The molecular formula is C12H19BrN2O2. The SMILES string of the molecule is CCC(Br)C(=O)N1CCCC1C(=O)NC1CC1. The quantitative estimate of drug-likeness (QED) is 0.799. The van der Waals surface area contributed by atoms with Gasteiger partial charge in [-0.3, -0.25) is 9.59 Å². The van der Waals surface area contributed by atoms with Crippen molar-refractivity contribution < 1.29 is 9.59 Å². The van der Waals surface area contributed by atoms with Crippen LogP contribution < -0.4 is 5.32 Å². The molecule has 1 N–H and O–H groups in total. The molecule has 4 nitrogen and oxygen atoms in total. The molecule has 2 rings (SSSR count). The van der Waals surface area contributed by atoms with Gasteiger partial charge in [-0.15, -0.1) is 0 Å². The maximum absolute atomic E-state index is 12.1. The number of likely N-dealkylation sites (tertiary alicyclic amines) is 1. The number of nitrogens with zero attached hydrogens (tertiary/aromatic N) is 1. The van der Waals surface area contributed by atoms with Gasteiger partial charge in [-0.25, -0.2) is 0 Å². The van der Waals surface area contributed by atoms with E-state index in [1.165, 1.54) is 0 Å². The molecule has 0 bridgehead atoms. The van der Waals surface area contributed by atoms with Gasteiger partial charge in [0.15, 0.2) is 0 Å². The first-order valence-electron chi connectivity index (χ1n) is 6.38. The van der Waals surface area contributed by atoms with Crippen LogP contribution in [0.2, 0.25) is 0 Å². The zero-order valence-corrected chi connectivity index (χ0v) is 11.7. The lowest BCUT2D eigenvalue weighted by Gasteiger charge is -2.25. The van der Waals surface area contributed by atoms with Crippen LogP contribution in [0.1, 0.15) is 39.0 Å². The fourth-order valence-electron chi connectivity index (χ4n) is 2.18. The minimum atomic E-state index is -0.241. The number of rotatable bonds is 4. The third kappa shape index (κ3) is 3.00. The second-order valence-electron chi connectivity index (χ2n) is 4.85. The van der Waals surface area contributed by atoms with Crippen molar-refractivity contribution in [1.29, 1.82) is 0 Å². The monoisotopic (exact) mass is 302 g/mol. The van der Waals surface area contributed by atoms with Crippen molar-refractivity contribution in [3.8, 4) is 0 Å². The van der Waals surface area contributed by atoms with Crippen molar-refractivity contribution in [2.24, 2.45) is 0 Å². The molecule has 0 aromatic carbocycles. The van der Waals surface area contributed by atoms with Gasteiger partial charge in [0.25, 0.3) is 0 Å². The van der Waals surface area contributed by atoms with Crippen molar-refractivity contribution >= 4 is 27.7 Å². The van der Waals surface area contributed by atoms with Gasteiger partial charge < -0.3 is 10.2 Å². The second kappa shape index (κ2) is 5.38. The lowest BCUT2D eigenvalue weighted by Crippen LogP contribution is -2.48. The van der Waals surface area contributed by atoms with Crippen LogP contribution in [0.4, 0.5) is 0 Å². The zero-order valence-electron chi connectivity index (χ0n) is 10.1. The number of carbonyl (C=O) groups is 2. The Labute approximate surface area is 110 Å². The minimum absolute atomic E-state index is 0.0363. The summed E-state index contributed by atoms with van der Waals surface area (Å²) in [5.74, 6) is 0.0927. The first-order valence-corrected chi connectivity index (χ1v) is 7.30. The number of hydrogen-bond acceptors (Lipinski definition) is 2. The molecule has 2 atom stereocenters. The fourth-order valence-corrected chi connectivity index (χ4v) is 2.45. The maximum Gasteiger partial charge on any atom is 0.243 e. The number of amides is 2. The number of nitrogens with one attached hydrogen (secondary N) is 1. The highest BCUT2D eigenvalue weighted by Gasteiger charge is 2.37. The average Bonchev–Trinajstić information content (AvgIpc) is 2.99. The highest BCUT2D eigenvalue weighted by atomic mass is 79.9. The molecule has 2 amide bonds. The van der Waals surface area contributed by atoms with Gasteiger partial charge in [0.2, 0.25) is 11.8 Å². The van der Waals surface area contributed by atoms with E-state index in [4.69, 9.17) is 0 Å². The third-order valence-corrected chi connectivity index (χ3v) is 4.43. The van der Waals surface area contributed by atoms with Crippen LogP contribution in [-0.2, 0) is 9.59 Å². The lowest BCUT2D eigenvalue weighted by molar-refractivity contribution is -0.138. The Morgan fingerprint density at radius 1 is 1.41 bits per heavy atom. The standard InChI is InChI=1S/C12H19BrN2O2/c1-2-9(13)12(17)15-7-3-4-10(15)11(16)14-8-5-6-8/h8-10H,2-7H2,1H3,(H,14,16). The molecule has 5 heteroatoms. The lowest BCUT2D eigenvalue weighted by atomic mass is 10.2. The number of alkyl halides is 1. The molecule has 1 saturated carbocycles. The van der Waals surface area contributed by atoms with Gasteiger partial charge in [0, 0.05) is 12.6 Å². The smallest absolute Gasteiger partial charge is 0.243 e. The molecule has 1 saturated heterocycles. The second-order valence-corrected chi connectivity index (χ2v) is 5.95. The number of hydrogen-bond donors (Lipinski definition) is 1. The van der Waals surface area contributed by atoms with Crippen LogP contribution in [0.25, 0.3) is 0 Å². The molecule has 0 aromatic rings. The van der Waals surface area contributed by atoms with E-state index in [2.05, 4.69) is 21.2 Å². The Morgan fingerprint density at radius 3 is 2.71 bits per heavy atom. The van der Waals surface area contributed by atoms with Crippen molar-refractivity contribution in [2.45, 2.75) is 55.9 Å². The summed E-state index contributed by atoms with van der Waals surface area (Å²) in [6, 6.07) is 0.126. The van der Waals surface area contributed by atoms with Crippen molar-refractivity contribution in [2.75, 3.05) is 6.54 Å². The Bertz CT molecular complexity index is 318. The Balaban J connectivity index is 1.95. The van der Waals surface area contributed by atoms with E-state index in [9.17, 15) is 9.59 Å². The third-order valence-electron chi connectivity index (χ3n) is 3.39. The van der Waals surface area contributed by atoms with E-state index < -0.39 is 0 Å². The minimum Gasteiger partial charge on any atom is -0.352 e. The first-order chi connectivity index (χ1) is 8.13. The predicted molar refractivity (Wildman–Crippen MR) is 68.9 cm³/mol. The summed E-state index contributed by atoms with van der Waals surface area (Å²) < 4.78 is 0. The Hall–Kier alpha value is -0.580. The van der Waals surface area contributed by atoms with Gasteiger partial charge in [0.05, 0.1) is 4.83 Å². The molecule has 17 heavy (non-hydrogen) atoms. The summed E-state index contributed by atoms with van der Waals surface area (Å²) in [6.45, 7) is 2.68. The maximum atomic E-state index is 12.1. The normalized spacial score (nSPS) is 25.8. The van der Waals surface area contributed by atoms with Crippen molar-refractivity contribution in [1.82, 2.24) is 10.2 Å². The van der Waals surface area contributed by atoms with Crippen LogP contribution in [0.5, 0.6) is 0 Å². The number of halogens is 1. The van der Waals surface area contributed by atoms with E-state index in [-0.39, 0.29) is 22.7 Å². The summed E-state index contributed by atoms with van der Waals surface area (Å²) >= 11 is 3.37. The van der Waals surface area contributed by atoms with E-state index in [1.807, 2.05) is 6.92 Å². The van der Waals surface area contributed by atoms with Crippen LogP contribution >= 0.6 is 15.9 Å². The van der Waals surface area contributed by atoms with E-state index in [0.717, 1.165) is 32.1 Å². The fraction of sp³-hybridized carbons (Fsp3) is 0.833. The molecule has 2 fully saturated rings. The van der Waals surface area contributed by atoms with Crippen molar-refractivity contribution in [3.63, 3.8) is 0 Å².